The quantitative estimate of drug-likeness (QED) is 0.386. The van der Waals surface area contributed by atoms with Crippen LogP contribution in [0.25, 0.3) is 0 Å². The fourth-order valence-corrected chi connectivity index (χ4v) is 10.3. The maximum absolute atomic E-state index is 5.75. The van der Waals surface area contributed by atoms with Crippen molar-refractivity contribution in [1.82, 2.24) is 15.2 Å². The Labute approximate surface area is 212 Å². The predicted octanol–water partition coefficient (Wildman–Crippen LogP) is 7.89. The largest absolute Gasteiger partial charge is 0.368 e. The van der Waals surface area contributed by atoms with E-state index in [2.05, 4.69) is 55.9 Å². The first-order chi connectivity index (χ1) is 16.2. The third kappa shape index (κ3) is 4.37. The topological polar surface area (TPSA) is 67.6 Å². The number of nitrogens with zero attached hydrogens (tertiary/aromatic N) is 2. The zero-order chi connectivity index (χ0) is 24.1. The van der Waals surface area contributed by atoms with Crippen LogP contribution in [0.15, 0.2) is 16.8 Å². The van der Waals surface area contributed by atoms with Gasteiger partial charge in [-0.2, -0.15) is 4.98 Å². The molecule has 1 aromatic heterocycles. The van der Waals surface area contributed by atoms with Crippen molar-refractivity contribution in [3.05, 3.63) is 11.6 Å². The van der Waals surface area contributed by atoms with Crippen LogP contribution in [0, 0.1) is 46.3 Å². The molecule has 190 valence electrons. The maximum atomic E-state index is 5.75. The molecule has 3 fully saturated rings. The van der Waals surface area contributed by atoms with E-state index in [1.807, 2.05) is 11.8 Å². The van der Waals surface area contributed by atoms with Gasteiger partial charge in [0.1, 0.15) is 0 Å². The Hall–Kier alpha value is -0.970. The fraction of sp³-hybridized carbons (Fsp3) is 0.862. The van der Waals surface area contributed by atoms with Crippen molar-refractivity contribution in [2.45, 2.75) is 116 Å². The smallest absolute Gasteiger partial charge is 0.216 e. The van der Waals surface area contributed by atoms with Gasteiger partial charge in [-0.3, -0.25) is 0 Å². The van der Waals surface area contributed by atoms with Gasteiger partial charge in [-0.1, -0.05) is 77.3 Å². The van der Waals surface area contributed by atoms with Gasteiger partial charge in [0.05, 0.1) is 0 Å². The molecule has 0 radical (unpaired) electrons. The summed E-state index contributed by atoms with van der Waals surface area (Å²) in [5, 5.41) is 8.46. The number of nitrogens with two attached hydrogens (primary N) is 1. The normalized spacial score (nSPS) is 40.4. The van der Waals surface area contributed by atoms with E-state index < -0.39 is 0 Å². The van der Waals surface area contributed by atoms with Gasteiger partial charge in [0.25, 0.3) is 0 Å². The van der Waals surface area contributed by atoms with Gasteiger partial charge < -0.3 is 5.73 Å². The van der Waals surface area contributed by atoms with E-state index in [1.54, 1.807) is 5.57 Å². The number of aromatic amines is 1. The summed E-state index contributed by atoms with van der Waals surface area (Å²) in [5.41, 5.74) is 8.50. The first-order valence-corrected chi connectivity index (χ1v) is 15.1. The van der Waals surface area contributed by atoms with Crippen molar-refractivity contribution >= 4 is 17.7 Å². The van der Waals surface area contributed by atoms with Gasteiger partial charge in [0.2, 0.25) is 11.1 Å². The SMILES string of the molecule is CC(C)CCCC(C)C1CCC2C3CC=C4C[C@H](Sc5n[nH]c(N)n5)CCC4(C)C3CCC12C. The van der Waals surface area contributed by atoms with Crippen molar-refractivity contribution in [3.8, 4) is 0 Å². The molecule has 5 rings (SSSR count). The summed E-state index contributed by atoms with van der Waals surface area (Å²) in [6.07, 6.45) is 18.0. The van der Waals surface area contributed by atoms with E-state index in [0.717, 1.165) is 40.7 Å². The molecular weight excluding hydrogens is 436 g/mol. The molecule has 0 saturated heterocycles. The molecule has 4 nitrogen and oxygen atoms in total. The van der Waals surface area contributed by atoms with E-state index in [9.17, 15) is 0 Å². The molecule has 7 unspecified atom stereocenters. The second kappa shape index (κ2) is 9.48. The minimum atomic E-state index is 0.417. The monoisotopic (exact) mass is 484 g/mol. The Morgan fingerprint density at radius 1 is 1.09 bits per heavy atom. The first kappa shape index (κ1) is 24.7. The number of hydrogen-bond donors (Lipinski definition) is 2. The van der Waals surface area contributed by atoms with Crippen LogP contribution in [0.3, 0.4) is 0 Å². The molecule has 5 heteroatoms. The second-order valence-corrected chi connectivity index (χ2v) is 14.5. The van der Waals surface area contributed by atoms with E-state index in [1.165, 1.54) is 70.6 Å². The number of nitrogen functional groups attached to an aromatic ring is 1. The van der Waals surface area contributed by atoms with Gasteiger partial charge in [0.15, 0.2) is 0 Å². The molecule has 34 heavy (non-hydrogen) atoms. The zero-order valence-electron chi connectivity index (χ0n) is 22.3. The average molecular weight is 485 g/mol. The summed E-state index contributed by atoms with van der Waals surface area (Å²) in [4.78, 5) is 4.34. The molecule has 0 spiro atoms. The van der Waals surface area contributed by atoms with Crippen molar-refractivity contribution in [1.29, 1.82) is 0 Å². The minimum absolute atomic E-state index is 0.417. The van der Waals surface area contributed by atoms with Crippen molar-refractivity contribution in [2.24, 2.45) is 46.3 Å². The molecule has 0 aromatic carbocycles. The van der Waals surface area contributed by atoms with Crippen LogP contribution in [-0.4, -0.2) is 20.4 Å². The molecule has 0 bridgehead atoms. The second-order valence-electron chi connectivity index (χ2n) is 13.3. The van der Waals surface area contributed by atoms with Crippen LogP contribution in [0.2, 0.25) is 0 Å². The highest BCUT2D eigenvalue weighted by Crippen LogP contribution is 2.67. The molecule has 8 atom stereocenters. The Morgan fingerprint density at radius 2 is 1.91 bits per heavy atom. The van der Waals surface area contributed by atoms with Gasteiger partial charge in [0, 0.05) is 5.25 Å². The molecule has 4 aliphatic carbocycles. The molecule has 3 saturated carbocycles. The third-order valence-corrected chi connectivity index (χ3v) is 12.1. The number of nitrogens with one attached hydrogen (secondary N) is 1. The molecule has 0 aliphatic heterocycles. The molecule has 3 N–H and O–H groups in total. The van der Waals surface area contributed by atoms with Gasteiger partial charge in [-0.05, 0) is 97.7 Å². The molecular formula is C29H48N4S. The number of rotatable bonds is 7. The Morgan fingerprint density at radius 3 is 2.65 bits per heavy atom. The summed E-state index contributed by atoms with van der Waals surface area (Å²) in [6, 6.07) is 0. The van der Waals surface area contributed by atoms with Crippen LogP contribution < -0.4 is 5.73 Å². The molecule has 1 aromatic rings. The predicted molar refractivity (Wildman–Crippen MR) is 143 cm³/mol. The number of hydrogen-bond acceptors (Lipinski definition) is 4. The third-order valence-electron chi connectivity index (χ3n) is 11.0. The summed E-state index contributed by atoms with van der Waals surface area (Å²) in [6.45, 7) is 12.7. The number of allylic oxidation sites excluding steroid dienone is 2. The Balaban J connectivity index is 1.27. The van der Waals surface area contributed by atoms with E-state index in [4.69, 9.17) is 5.73 Å². The van der Waals surface area contributed by atoms with Crippen LogP contribution in [-0.2, 0) is 0 Å². The van der Waals surface area contributed by atoms with E-state index >= 15 is 0 Å². The highest BCUT2D eigenvalue weighted by molar-refractivity contribution is 7.99. The standard InChI is InChI=1S/C29H48N4S/c1-18(2)7-6-8-19(3)23-11-12-24-22-10-9-20-17-21(34-27-31-26(30)32-33-27)13-15-28(20,4)25(22)14-16-29(23,24)5/h9,18-19,21-25H,6-8,10-17H2,1-5H3,(H3,30,31,32,33)/t19?,21-,22?,23?,24?,25?,28?,29?/m1/s1. The van der Waals surface area contributed by atoms with E-state index in [-0.39, 0.29) is 0 Å². The summed E-state index contributed by atoms with van der Waals surface area (Å²) in [5.74, 6) is 5.88. The lowest BCUT2D eigenvalue weighted by Crippen LogP contribution is -2.50. The molecule has 1 heterocycles. The summed E-state index contributed by atoms with van der Waals surface area (Å²) >= 11 is 1.82. The van der Waals surface area contributed by atoms with Crippen LogP contribution in [0.4, 0.5) is 5.95 Å². The number of thioether (sulfide) groups is 1. The summed E-state index contributed by atoms with van der Waals surface area (Å²) in [7, 11) is 0. The minimum Gasteiger partial charge on any atom is -0.368 e. The lowest BCUT2D eigenvalue weighted by atomic mass is 9.47. The van der Waals surface area contributed by atoms with Gasteiger partial charge in [-0.15, -0.1) is 5.10 Å². The Kier molecular flexibility index (Phi) is 6.89. The van der Waals surface area contributed by atoms with Crippen LogP contribution >= 0.6 is 11.8 Å². The van der Waals surface area contributed by atoms with Crippen molar-refractivity contribution < 1.29 is 0 Å². The number of aromatic nitrogens is 3. The van der Waals surface area contributed by atoms with Crippen LogP contribution in [0.1, 0.15) is 105 Å². The fourth-order valence-electron chi connectivity index (χ4n) is 9.21. The first-order valence-electron chi connectivity index (χ1n) is 14.2. The lowest BCUT2D eigenvalue weighted by Gasteiger charge is -2.58. The van der Waals surface area contributed by atoms with Crippen LogP contribution in [0.5, 0.6) is 0 Å². The zero-order valence-corrected chi connectivity index (χ0v) is 23.1. The highest BCUT2D eigenvalue weighted by atomic mass is 32.2. The summed E-state index contributed by atoms with van der Waals surface area (Å²) < 4.78 is 0. The van der Waals surface area contributed by atoms with Crippen molar-refractivity contribution in [3.63, 3.8) is 0 Å². The van der Waals surface area contributed by atoms with E-state index in [0.29, 0.717) is 22.0 Å². The van der Waals surface area contributed by atoms with Crippen molar-refractivity contribution in [2.75, 3.05) is 5.73 Å². The Bertz CT molecular complexity index is 892. The van der Waals surface area contributed by atoms with Gasteiger partial charge >= 0.3 is 0 Å². The highest BCUT2D eigenvalue weighted by Gasteiger charge is 2.59. The maximum Gasteiger partial charge on any atom is 0.216 e. The molecule has 4 aliphatic rings. The average Bonchev–Trinajstić information content (AvgIpc) is 3.35. The number of anilines is 1. The van der Waals surface area contributed by atoms with Gasteiger partial charge in [-0.25, -0.2) is 5.10 Å². The molecule has 0 amide bonds. The number of H-pyrrole nitrogens is 1. The number of fused-ring (bicyclic) bond motifs is 5. The lowest BCUT2D eigenvalue weighted by molar-refractivity contribution is -0.0497.